The Hall–Kier alpha value is -0.850. The molecule has 0 aromatic heterocycles. The number of carbonyl (C=O) groups is 1. The van der Waals surface area contributed by atoms with Crippen molar-refractivity contribution in [3.63, 3.8) is 0 Å². The molecule has 42 heavy (non-hydrogen) atoms. The number of unbranched alkanes of at least 4 members (excludes halogenated alkanes) is 22. The molecule has 0 fully saturated rings. The van der Waals surface area contributed by atoms with Crippen molar-refractivity contribution in [1.82, 2.24) is 10.2 Å². The number of hydrogen-bond donors (Lipinski definition) is 1. The van der Waals surface area contributed by atoms with Crippen LogP contribution in [0.25, 0.3) is 0 Å². The maximum absolute atomic E-state index is 12.3. The van der Waals surface area contributed by atoms with E-state index in [0.29, 0.717) is 19.8 Å². The summed E-state index contributed by atoms with van der Waals surface area (Å²) >= 11 is 0. The van der Waals surface area contributed by atoms with Gasteiger partial charge in [0.2, 0.25) is 0 Å². The van der Waals surface area contributed by atoms with E-state index in [9.17, 15) is 4.79 Å². The quantitative estimate of drug-likeness (QED) is 0.0747. The molecular weight excluding hydrogens is 524 g/mol. The van der Waals surface area contributed by atoms with Crippen molar-refractivity contribution in [1.29, 1.82) is 0 Å². The molecular formula is C36H74N2O4. The standard InChI is InChI=1S/C36H74N2O4/c1-5-7-9-11-13-15-17-19-21-23-25-27-31-40-33-35(42-36(39)37-29-30-38(3)4)34-41-32-28-26-24-22-20-18-16-14-12-10-8-6-2/h35H,5-34H2,1-4H3,(H,37,39). The topological polar surface area (TPSA) is 60.0 Å². The van der Waals surface area contributed by atoms with Crippen LogP contribution < -0.4 is 5.32 Å². The van der Waals surface area contributed by atoms with Gasteiger partial charge < -0.3 is 24.4 Å². The first kappa shape index (κ1) is 41.1. The molecule has 0 aliphatic carbocycles. The number of carbonyl (C=O) groups excluding carboxylic acids is 1. The summed E-state index contributed by atoms with van der Waals surface area (Å²) < 4.78 is 17.5. The monoisotopic (exact) mass is 599 g/mol. The van der Waals surface area contributed by atoms with E-state index in [1.165, 1.54) is 141 Å². The maximum Gasteiger partial charge on any atom is 0.407 e. The lowest BCUT2D eigenvalue weighted by Crippen LogP contribution is -2.37. The Bertz CT molecular complexity index is 501. The molecule has 0 rings (SSSR count). The van der Waals surface area contributed by atoms with Gasteiger partial charge in [0, 0.05) is 26.3 Å². The summed E-state index contributed by atoms with van der Waals surface area (Å²) in [4.78, 5) is 14.3. The van der Waals surface area contributed by atoms with E-state index in [1.54, 1.807) is 0 Å². The number of nitrogens with one attached hydrogen (secondary N) is 1. The number of likely N-dealkylation sites (N-methyl/N-ethyl adjacent to an activating group) is 1. The smallest absolute Gasteiger partial charge is 0.407 e. The van der Waals surface area contributed by atoms with Crippen molar-refractivity contribution in [2.45, 2.75) is 174 Å². The third-order valence-corrected chi connectivity index (χ3v) is 7.99. The fourth-order valence-corrected chi connectivity index (χ4v) is 5.21. The number of hydrogen-bond acceptors (Lipinski definition) is 5. The molecule has 0 radical (unpaired) electrons. The SMILES string of the molecule is CCCCCCCCCCCCCCOCC(COCCCCCCCCCCCCCC)OC(=O)NCCN(C)C. The van der Waals surface area contributed by atoms with Gasteiger partial charge >= 0.3 is 6.09 Å². The minimum Gasteiger partial charge on any atom is -0.441 e. The fraction of sp³-hybridized carbons (Fsp3) is 0.972. The first-order chi connectivity index (χ1) is 20.6. The maximum atomic E-state index is 12.3. The van der Waals surface area contributed by atoms with Crippen LogP contribution in [0.5, 0.6) is 0 Å². The summed E-state index contributed by atoms with van der Waals surface area (Å²) in [6.07, 6.45) is 31.3. The van der Waals surface area contributed by atoms with Crippen molar-refractivity contribution in [2.24, 2.45) is 0 Å². The van der Waals surface area contributed by atoms with Crippen LogP contribution in [0, 0.1) is 0 Å². The molecule has 0 atom stereocenters. The molecule has 0 bridgehead atoms. The summed E-state index contributed by atoms with van der Waals surface area (Å²) in [5.41, 5.74) is 0. The fourth-order valence-electron chi connectivity index (χ4n) is 5.21. The lowest BCUT2D eigenvalue weighted by Gasteiger charge is -2.19. The van der Waals surface area contributed by atoms with Crippen molar-refractivity contribution in [3.05, 3.63) is 0 Å². The van der Waals surface area contributed by atoms with Gasteiger partial charge in [-0.05, 0) is 26.9 Å². The molecule has 252 valence electrons. The Labute approximate surface area is 262 Å². The first-order valence-electron chi connectivity index (χ1n) is 18.3. The minimum absolute atomic E-state index is 0.362. The first-order valence-corrected chi connectivity index (χ1v) is 18.3. The zero-order valence-corrected chi connectivity index (χ0v) is 28.9. The Kier molecular flexibility index (Phi) is 33.9. The number of ether oxygens (including phenoxy) is 3. The van der Waals surface area contributed by atoms with E-state index in [2.05, 4.69) is 19.2 Å². The van der Waals surface area contributed by atoms with E-state index < -0.39 is 0 Å². The summed E-state index contributed by atoms with van der Waals surface area (Å²) in [5, 5.41) is 2.83. The Balaban J connectivity index is 3.89. The second kappa shape index (κ2) is 34.6. The molecule has 0 aromatic carbocycles. The van der Waals surface area contributed by atoms with Crippen LogP contribution in [-0.2, 0) is 14.2 Å². The third kappa shape index (κ3) is 33.6. The second-order valence-electron chi connectivity index (χ2n) is 12.7. The molecule has 0 aliphatic rings. The molecule has 6 nitrogen and oxygen atoms in total. The molecule has 0 heterocycles. The van der Waals surface area contributed by atoms with Gasteiger partial charge in [0.15, 0.2) is 6.10 Å². The Morgan fingerprint density at radius 3 is 1.21 bits per heavy atom. The lowest BCUT2D eigenvalue weighted by molar-refractivity contribution is -0.0292. The third-order valence-electron chi connectivity index (χ3n) is 7.99. The highest BCUT2D eigenvalue weighted by atomic mass is 16.6. The van der Waals surface area contributed by atoms with Gasteiger partial charge in [-0.15, -0.1) is 0 Å². The molecule has 6 heteroatoms. The van der Waals surface area contributed by atoms with E-state index in [0.717, 1.165) is 32.6 Å². The highest BCUT2D eigenvalue weighted by Gasteiger charge is 2.15. The van der Waals surface area contributed by atoms with Crippen molar-refractivity contribution < 1.29 is 19.0 Å². The van der Waals surface area contributed by atoms with Crippen molar-refractivity contribution in [3.8, 4) is 0 Å². The summed E-state index contributed by atoms with van der Waals surface area (Å²) in [6, 6.07) is 0. The van der Waals surface area contributed by atoms with Crippen LogP contribution in [0.3, 0.4) is 0 Å². The average Bonchev–Trinajstić information content (AvgIpc) is 2.97. The molecule has 1 amide bonds. The molecule has 0 saturated heterocycles. The zero-order chi connectivity index (χ0) is 30.8. The van der Waals surface area contributed by atoms with Crippen LogP contribution in [-0.4, -0.2) is 70.7 Å². The zero-order valence-electron chi connectivity index (χ0n) is 28.9. The van der Waals surface area contributed by atoms with E-state index >= 15 is 0 Å². The molecule has 0 unspecified atom stereocenters. The van der Waals surface area contributed by atoms with Crippen LogP contribution in [0.2, 0.25) is 0 Å². The normalized spacial score (nSPS) is 11.6. The van der Waals surface area contributed by atoms with Gasteiger partial charge in [-0.2, -0.15) is 0 Å². The number of rotatable bonds is 34. The van der Waals surface area contributed by atoms with Crippen LogP contribution in [0.1, 0.15) is 168 Å². The van der Waals surface area contributed by atoms with Gasteiger partial charge in [-0.3, -0.25) is 0 Å². The Morgan fingerprint density at radius 1 is 0.548 bits per heavy atom. The van der Waals surface area contributed by atoms with Crippen molar-refractivity contribution >= 4 is 6.09 Å². The highest BCUT2D eigenvalue weighted by Crippen LogP contribution is 2.13. The molecule has 0 spiro atoms. The predicted octanol–water partition coefficient (Wildman–Crippen LogP) is 10.1. The average molecular weight is 599 g/mol. The summed E-state index contributed by atoms with van der Waals surface area (Å²) in [7, 11) is 3.98. The summed E-state index contributed by atoms with van der Waals surface area (Å²) in [6.45, 7) is 8.15. The highest BCUT2D eigenvalue weighted by molar-refractivity contribution is 5.67. The number of nitrogens with zero attached hydrogens (tertiary/aromatic N) is 1. The predicted molar refractivity (Wildman–Crippen MR) is 181 cm³/mol. The number of amides is 1. The van der Waals surface area contributed by atoms with Gasteiger partial charge in [0.25, 0.3) is 0 Å². The van der Waals surface area contributed by atoms with E-state index in [4.69, 9.17) is 14.2 Å². The van der Waals surface area contributed by atoms with Crippen LogP contribution in [0.15, 0.2) is 0 Å². The molecule has 0 saturated carbocycles. The van der Waals surface area contributed by atoms with Crippen LogP contribution >= 0.6 is 0 Å². The van der Waals surface area contributed by atoms with E-state index in [1.807, 2.05) is 19.0 Å². The summed E-state index contributed by atoms with van der Waals surface area (Å²) in [5.74, 6) is 0. The molecule has 1 N–H and O–H groups in total. The van der Waals surface area contributed by atoms with Gasteiger partial charge in [-0.25, -0.2) is 4.79 Å². The Morgan fingerprint density at radius 2 is 0.881 bits per heavy atom. The minimum atomic E-state index is -0.384. The van der Waals surface area contributed by atoms with Gasteiger partial charge in [0.05, 0.1) is 13.2 Å². The molecule has 0 aromatic rings. The van der Waals surface area contributed by atoms with Crippen LogP contribution in [0.4, 0.5) is 4.79 Å². The van der Waals surface area contributed by atoms with E-state index in [-0.39, 0.29) is 12.2 Å². The number of alkyl carbamates (subject to hydrolysis) is 1. The lowest BCUT2D eigenvalue weighted by atomic mass is 10.1. The van der Waals surface area contributed by atoms with Gasteiger partial charge in [0.1, 0.15) is 0 Å². The van der Waals surface area contributed by atoms with Crippen molar-refractivity contribution in [2.75, 3.05) is 53.6 Å². The second-order valence-corrected chi connectivity index (χ2v) is 12.7. The molecule has 0 aliphatic heterocycles. The van der Waals surface area contributed by atoms with Gasteiger partial charge in [-0.1, -0.05) is 155 Å². The largest absolute Gasteiger partial charge is 0.441 e.